The molecule has 0 amide bonds. The molecule has 16 heavy (non-hydrogen) atoms. The average Bonchev–Trinajstić information content (AvgIpc) is 3.01. The Balaban J connectivity index is 1.95. The van der Waals surface area contributed by atoms with E-state index in [4.69, 9.17) is 15.0 Å². The third-order valence-corrected chi connectivity index (χ3v) is 3.09. The van der Waals surface area contributed by atoms with Crippen molar-refractivity contribution in [3.8, 4) is 0 Å². The van der Waals surface area contributed by atoms with Crippen LogP contribution in [0.25, 0.3) is 0 Å². The minimum absolute atomic E-state index is 0.171. The van der Waals surface area contributed by atoms with E-state index in [1.165, 1.54) is 12.8 Å². The number of hydrazine groups is 1. The topological polar surface area (TPSA) is 60.4 Å². The van der Waals surface area contributed by atoms with Gasteiger partial charge < -0.3 is 9.15 Å². The summed E-state index contributed by atoms with van der Waals surface area (Å²) in [5.74, 6) is 6.30. The molecule has 1 heterocycles. The molecule has 2 atom stereocenters. The largest absolute Gasteiger partial charge is 0.472 e. The quantitative estimate of drug-likeness (QED) is 0.544. The molecule has 2 unspecified atom stereocenters. The van der Waals surface area contributed by atoms with Crippen LogP contribution in [0.1, 0.15) is 25.3 Å². The van der Waals surface area contributed by atoms with Crippen LogP contribution in [0.3, 0.4) is 0 Å². The van der Waals surface area contributed by atoms with Crippen LogP contribution in [-0.2, 0) is 11.2 Å². The van der Waals surface area contributed by atoms with Crippen molar-refractivity contribution in [3.63, 3.8) is 0 Å². The van der Waals surface area contributed by atoms with Gasteiger partial charge in [-0.3, -0.25) is 11.3 Å². The Kier molecular flexibility index (Phi) is 3.98. The van der Waals surface area contributed by atoms with Gasteiger partial charge in [0.05, 0.1) is 24.7 Å². The first-order valence-electron chi connectivity index (χ1n) is 5.94. The number of nitrogens with one attached hydrogen (secondary N) is 1. The van der Waals surface area contributed by atoms with E-state index in [9.17, 15) is 0 Å². The van der Waals surface area contributed by atoms with Crippen molar-refractivity contribution in [3.05, 3.63) is 24.2 Å². The molecule has 1 saturated carbocycles. The van der Waals surface area contributed by atoms with Crippen LogP contribution >= 0.6 is 0 Å². The lowest BCUT2D eigenvalue weighted by Crippen LogP contribution is -2.47. The molecule has 1 fully saturated rings. The number of rotatable bonds is 7. The lowest BCUT2D eigenvalue weighted by molar-refractivity contribution is 0.0192. The standard InChI is InChI=1S/C12H20N2O2/c1-2-16-12(10-3-4-10)11(14-13)7-9-5-6-15-8-9/h5-6,8,10-12,14H,2-4,7,13H2,1H3. The highest BCUT2D eigenvalue weighted by Crippen LogP contribution is 2.36. The van der Waals surface area contributed by atoms with E-state index in [2.05, 4.69) is 5.43 Å². The van der Waals surface area contributed by atoms with Gasteiger partial charge in [0.2, 0.25) is 0 Å². The first kappa shape index (κ1) is 11.6. The fraction of sp³-hybridized carbons (Fsp3) is 0.667. The summed E-state index contributed by atoms with van der Waals surface area (Å²) < 4.78 is 10.9. The number of hydrogen-bond acceptors (Lipinski definition) is 4. The third kappa shape index (κ3) is 2.84. The summed E-state index contributed by atoms with van der Waals surface area (Å²) in [7, 11) is 0. The van der Waals surface area contributed by atoms with E-state index in [-0.39, 0.29) is 12.1 Å². The van der Waals surface area contributed by atoms with Crippen LogP contribution in [0, 0.1) is 5.92 Å². The van der Waals surface area contributed by atoms with Gasteiger partial charge in [-0.25, -0.2) is 0 Å². The second kappa shape index (κ2) is 5.48. The maximum Gasteiger partial charge on any atom is 0.0935 e. The van der Waals surface area contributed by atoms with Gasteiger partial charge in [0.25, 0.3) is 0 Å². The lowest BCUT2D eigenvalue weighted by Gasteiger charge is -2.26. The van der Waals surface area contributed by atoms with Gasteiger partial charge in [-0.05, 0) is 43.7 Å². The molecular formula is C12H20N2O2. The van der Waals surface area contributed by atoms with Gasteiger partial charge in [-0.1, -0.05) is 0 Å². The summed E-state index contributed by atoms with van der Waals surface area (Å²) >= 11 is 0. The predicted octanol–water partition coefficient (Wildman–Crippen LogP) is 1.47. The molecular weight excluding hydrogens is 204 g/mol. The second-order valence-corrected chi connectivity index (χ2v) is 4.37. The summed E-state index contributed by atoms with van der Waals surface area (Å²) in [6, 6.07) is 2.14. The van der Waals surface area contributed by atoms with Gasteiger partial charge in [0.1, 0.15) is 0 Å². The monoisotopic (exact) mass is 224 g/mol. The third-order valence-electron chi connectivity index (χ3n) is 3.09. The highest BCUT2D eigenvalue weighted by Gasteiger charge is 2.36. The fourth-order valence-electron chi connectivity index (χ4n) is 2.13. The maximum atomic E-state index is 5.79. The van der Waals surface area contributed by atoms with Crippen LogP contribution in [-0.4, -0.2) is 18.8 Å². The van der Waals surface area contributed by atoms with Crippen molar-refractivity contribution in [2.75, 3.05) is 6.61 Å². The molecule has 4 heteroatoms. The number of hydrogen-bond donors (Lipinski definition) is 2. The minimum Gasteiger partial charge on any atom is -0.472 e. The molecule has 0 bridgehead atoms. The van der Waals surface area contributed by atoms with Crippen molar-refractivity contribution >= 4 is 0 Å². The van der Waals surface area contributed by atoms with E-state index >= 15 is 0 Å². The summed E-state index contributed by atoms with van der Waals surface area (Å²) in [6.45, 7) is 2.77. The molecule has 0 saturated heterocycles. The first-order chi connectivity index (χ1) is 7.85. The Morgan fingerprint density at radius 1 is 1.62 bits per heavy atom. The molecule has 3 N–H and O–H groups in total. The van der Waals surface area contributed by atoms with Crippen molar-refractivity contribution in [2.45, 2.75) is 38.3 Å². The minimum atomic E-state index is 0.171. The Bertz CT molecular complexity index is 296. The second-order valence-electron chi connectivity index (χ2n) is 4.37. The summed E-state index contributed by atoms with van der Waals surface area (Å²) in [6.07, 6.45) is 7.05. The van der Waals surface area contributed by atoms with E-state index in [0.29, 0.717) is 5.92 Å². The van der Waals surface area contributed by atoms with Crippen molar-refractivity contribution in [1.82, 2.24) is 5.43 Å². The Morgan fingerprint density at radius 3 is 2.94 bits per heavy atom. The van der Waals surface area contributed by atoms with Crippen LogP contribution in [0.15, 0.2) is 23.0 Å². The molecule has 1 aliphatic carbocycles. The first-order valence-corrected chi connectivity index (χ1v) is 5.94. The average molecular weight is 224 g/mol. The zero-order chi connectivity index (χ0) is 11.4. The Hall–Kier alpha value is -0.840. The highest BCUT2D eigenvalue weighted by atomic mass is 16.5. The molecule has 0 aliphatic heterocycles. The van der Waals surface area contributed by atoms with Crippen molar-refractivity contribution < 1.29 is 9.15 Å². The summed E-state index contributed by atoms with van der Waals surface area (Å²) in [5, 5.41) is 0. The van der Waals surface area contributed by atoms with E-state index in [0.717, 1.165) is 18.6 Å². The van der Waals surface area contributed by atoms with Crippen molar-refractivity contribution in [1.29, 1.82) is 0 Å². The molecule has 90 valence electrons. The van der Waals surface area contributed by atoms with Crippen molar-refractivity contribution in [2.24, 2.45) is 11.8 Å². The number of furan rings is 1. The normalized spacial score (nSPS) is 19.6. The Labute approximate surface area is 96.1 Å². The van der Waals surface area contributed by atoms with E-state index in [1.807, 2.05) is 13.0 Å². The van der Waals surface area contributed by atoms with Crippen LogP contribution in [0.4, 0.5) is 0 Å². The van der Waals surface area contributed by atoms with Gasteiger partial charge in [0.15, 0.2) is 0 Å². The number of nitrogens with two attached hydrogens (primary N) is 1. The van der Waals surface area contributed by atoms with Gasteiger partial charge in [-0.15, -0.1) is 0 Å². The molecule has 0 spiro atoms. The Morgan fingerprint density at radius 2 is 2.44 bits per heavy atom. The number of ether oxygens (including phenoxy) is 1. The lowest BCUT2D eigenvalue weighted by atomic mass is 10.0. The molecule has 0 radical (unpaired) electrons. The summed E-state index contributed by atoms with van der Waals surface area (Å²) in [5.41, 5.74) is 4.04. The molecule has 2 rings (SSSR count). The van der Waals surface area contributed by atoms with Gasteiger partial charge in [0, 0.05) is 6.61 Å². The zero-order valence-corrected chi connectivity index (χ0v) is 9.69. The smallest absolute Gasteiger partial charge is 0.0935 e. The molecule has 1 aromatic heterocycles. The van der Waals surface area contributed by atoms with Crippen LogP contribution in [0.2, 0.25) is 0 Å². The van der Waals surface area contributed by atoms with Gasteiger partial charge >= 0.3 is 0 Å². The summed E-state index contributed by atoms with van der Waals surface area (Å²) in [4.78, 5) is 0. The molecule has 4 nitrogen and oxygen atoms in total. The van der Waals surface area contributed by atoms with Crippen LogP contribution < -0.4 is 11.3 Å². The zero-order valence-electron chi connectivity index (χ0n) is 9.69. The molecule has 1 aromatic rings. The fourth-order valence-corrected chi connectivity index (χ4v) is 2.13. The van der Waals surface area contributed by atoms with E-state index < -0.39 is 0 Å². The van der Waals surface area contributed by atoms with Gasteiger partial charge in [-0.2, -0.15) is 0 Å². The maximum absolute atomic E-state index is 5.79. The molecule has 1 aliphatic rings. The predicted molar refractivity (Wildman–Crippen MR) is 61.7 cm³/mol. The SMILES string of the molecule is CCOC(C1CC1)C(Cc1ccoc1)NN. The highest BCUT2D eigenvalue weighted by molar-refractivity contribution is 5.09. The molecule has 0 aromatic carbocycles. The van der Waals surface area contributed by atoms with E-state index in [1.54, 1.807) is 12.5 Å². The van der Waals surface area contributed by atoms with Crippen LogP contribution in [0.5, 0.6) is 0 Å².